The van der Waals surface area contributed by atoms with E-state index in [0.717, 1.165) is 5.56 Å². The van der Waals surface area contributed by atoms with E-state index in [9.17, 15) is 13.2 Å². The number of rotatable bonds is 2. The first kappa shape index (κ1) is 10.3. The van der Waals surface area contributed by atoms with Gasteiger partial charge in [-0.1, -0.05) is 12.1 Å². The molecule has 0 atom stereocenters. The van der Waals surface area contributed by atoms with E-state index >= 15 is 0 Å². The van der Waals surface area contributed by atoms with Crippen LogP contribution < -0.4 is 4.90 Å². The summed E-state index contributed by atoms with van der Waals surface area (Å²) in [5.41, 5.74) is 1.10. The summed E-state index contributed by atoms with van der Waals surface area (Å²) in [6, 6.07) is 6.19. The predicted octanol–water partition coefficient (Wildman–Crippen LogP) is 3.48. The van der Waals surface area contributed by atoms with Crippen LogP contribution in [0.4, 0.5) is 18.9 Å². The normalized spacial score (nSPS) is 16.5. The second kappa shape index (κ2) is 3.43. The van der Waals surface area contributed by atoms with Crippen LogP contribution >= 0.6 is 0 Å². The van der Waals surface area contributed by atoms with Gasteiger partial charge in [-0.05, 0) is 37.5 Å². The highest BCUT2D eigenvalue weighted by Gasteiger charge is 2.46. The molecule has 0 aliphatic heterocycles. The topological polar surface area (TPSA) is 3.24 Å². The third-order valence-electron chi connectivity index (χ3n) is 2.47. The average Bonchev–Trinajstić information content (AvgIpc) is 2.86. The summed E-state index contributed by atoms with van der Waals surface area (Å²) in [7, 11) is 0. The molecule has 1 aromatic rings. The summed E-state index contributed by atoms with van der Waals surface area (Å²) >= 11 is 0. The summed E-state index contributed by atoms with van der Waals surface area (Å²) in [6.45, 7) is 1.80. The molecule has 82 valence electrons. The lowest BCUT2D eigenvalue weighted by Gasteiger charge is -2.27. The van der Waals surface area contributed by atoms with E-state index in [-0.39, 0.29) is 11.7 Å². The lowest BCUT2D eigenvalue weighted by atomic mass is 10.2. The molecule has 1 fully saturated rings. The van der Waals surface area contributed by atoms with Crippen molar-refractivity contribution < 1.29 is 13.2 Å². The van der Waals surface area contributed by atoms with Gasteiger partial charge in [-0.25, -0.2) is 0 Å². The molecule has 0 aromatic heterocycles. The third-order valence-corrected chi connectivity index (χ3v) is 2.47. The highest BCUT2D eigenvalue weighted by Crippen LogP contribution is 2.39. The first-order valence-corrected chi connectivity index (χ1v) is 4.91. The van der Waals surface area contributed by atoms with Gasteiger partial charge in [0.1, 0.15) is 0 Å². The molecule has 0 N–H and O–H groups in total. The molecule has 0 spiro atoms. The van der Waals surface area contributed by atoms with Crippen LogP contribution in [0.5, 0.6) is 0 Å². The van der Waals surface area contributed by atoms with Crippen molar-refractivity contribution in [1.82, 2.24) is 0 Å². The van der Waals surface area contributed by atoms with Crippen molar-refractivity contribution in [3.63, 3.8) is 0 Å². The van der Waals surface area contributed by atoms with Crippen LogP contribution in [0.15, 0.2) is 24.3 Å². The summed E-state index contributed by atoms with van der Waals surface area (Å²) < 4.78 is 38.3. The fraction of sp³-hybridized carbons (Fsp3) is 0.455. The van der Waals surface area contributed by atoms with Gasteiger partial charge in [0.25, 0.3) is 0 Å². The van der Waals surface area contributed by atoms with Crippen LogP contribution in [0.2, 0.25) is 0 Å². The molecule has 1 aromatic carbocycles. The van der Waals surface area contributed by atoms with Crippen LogP contribution in [0.25, 0.3) is 0 Å². The lowest BCUT2D eigenvalue weighted by molar-refractivity contribution is -0.130. The third kappa shape index (κ3) is 2.25. The van der Waals surface area contributed by atoms with E-state index in [1.165, 1.54) is 6.07 Å². The van der Waals surface area contributed by atoms with Gasteiger partial charge in [-0.2, -0.15) is 13.2 Å². The first-order valence-electron chi connectivity index (χ1n) is 4.91. The Morgan fingerprint density at radius 2 is 1.93 bits per heavy atom. The van der Waals surface area contributed by atoms with E-state index < -0.39 is 6.30 Å². The fourth-order valence-electron chi connectivity index (χ4n) is 1.67. The number of aryl methyl sites for hydroxylation is 1. The Kier molecular flexibility index (Phi) is 2.37. The zero-order valence-electron chi connectivity index (χ0n) is 8.38. The van der Waals surface area contributed by atoms with E-state index in [4.69, 9.17) is 0 Å². The number of anilines is 1. The van der Waals surface area contributed by atoms with Crippen LogP contribution in [0.1, 0.15) is 18.4 Å². The Hall–Kier alpha value is -1.19. The quantitative estimate of drug-likeness (QED) is 0.682. The Balaban J connectivity index is 2.32. The van der Waals surface area contributed by atoms with Gasteiger partial charge in [0.05, 0.1) is 0 Å². The van der Waals surface area contributed by atoms with Crippen molar-refractivity contribution in [2.45, 2.75) is 32.1 Å². The molecule has 1 saturated carbocycles. The first-order chi connectivity index (χ1) is 6.98. The molecule has 4 heteroatoms. The molecule has 15 heavy (non-hydrogen) atoms. The van der Waals surface area contributed by atoms with Gasteiger partial charge in [-0.3, -0.25) is 4.90 Å². The average molecular weight is 215 g/mol. The summed E-state index contributed by atoms with van der Waals surface area (Å²) in [6.07, 6.45) is -3.00. The van der Waals surface area contributed by atoms with Gasteiger partial charge in [0.15, 0.2) is 0 Å². The number of hydrogen-bond donors (Lipinski definition) is 0. The summed E-state index contributed by atoms with van der Waals surface area (Å²) in [4.78, 5) is 0.569. The SMILES string of the molecule is Cc1cccc(N(C2CC2)C(F)(F)F)c1. The predicted molar refractivity (Wildman–Crippen MR) is 52.7 cm³/mol. The highest BCUT2D eigenvalue weighted by atomic mass is 19.4. The maximum atomic E-state index is 12.8. The molecular weight excluding hydrogens is 203 g/mol. The highest BCUT2D eigenvalue weighted by molar-refractivity contribution is 5.51. The smallest absolute Gasteiger partial charge is 0.281 e. The zero-order chi connectivity index (χ0) is 11.1. The molecule has 0 unspecified atom stereocenters. The standard InChI is InChI=1S/C11H12F3N/c1-8-3-2-4-10(7-8)15(9-5-6-9)11(12,13)14/h2-4,7,9H,5-6H2,1H3. The molecular formula is C11H12F3N. The fourth-order valence-corrected chi connectivity index (χ4v) is 1.67. The minimum Gasteiger partial charge on any atom is -0.281 e. The molecule has 1 aliphatic rings. The van der Waals surface area contributed by atoms with Crippen LogP contribution in [0.3, 0.4) is 0 Å². The van der Waals surface area contributed by atoms with Crippen molar-refractivity contribution >= 4 is 5.69 Å². The van der Waals surface area contributed by atoms with Crippen LogP contribution in [0, 0.1) is 6.92 Å². The van der Waals surface area contributed by atoms with Gasteiger partial charge < -0.3 is 0 Å². The molecule has 0 saturated heterocycles. The summed E-state index contributed by atoms with van der Waals surface area (Å²) in [5.74, 6) is 0. The minimum atomic E-state index is -4.27. The largest absolute Gasteiger partial charge is 0.485 e. The second-order valence-corrected chi connectivity index (χ2v) is 3.91. The van der Waals surface area contributed by atoms with Crippen molar-refractivity contribution in [3.8, 4) is 0 Å². The molecule has 0 bridgehead atoms. The van der Waals surface area contributed by atoms with Crippen LogP contribution in [-0.2, 0) is 0 Å². The molecule has 0 amide bonds. The summed E-state index contributed by atoms with van der Waals surface area (Å²) in [5, 5.41) is 0. The lowest BCUT2D eigenvalue weighted by Crippen LogP contribution is -2.39. The molecule has 1 nitrogen and oxygen atoms in total. The number of benzene rings is 1. The van der Waals surface area contributed by atoms with Gasteiger partial charge in [0.2, 0.25) is 0 Å². The van der Waals surface area contributed by atoms with Crippen LogP contribution in [-0.4, -0.2) is 12.3 Å². The molecule has 1 aliphatic carbocycles. The second-order valence-electron chi connectivity index (χ2n) is 3.91. The van der Waals surface area contributed by atoms with E-state index in [1.54, 1.807) is 25.1 Å². The van der Waals surface area contributed by atoms with Gasteiger partial charge in [0, 0.05) is 11.7 Å². The van der Waals surface area contributed by atoms with E-state index in [1.807, 2.05) is 0 Å². The Morgan fingerprint density at radius 3 is 2.40 bits per heavy atom. The monoisotopic (exact) mass is 215 g/mol. The van der Waals surface area contributed by atoms with Gasteiger partial charge in [-0.15, -0.1) is 0 Å². The molecule has 0 heterocycles. The van der Waals surface area contributed by atoms with E-state index in [2.05, 4.69) is 0 Å². The maximum absolute atomic E-state index is 12.8. The van der Waals surface area contributed by atoms with Crippen molar-refractivity contribution in [3.05, 3.63) is 29.8 Å². The minimum absolute atomic E-state index is 0.255. The van der Waals surface area contributed by atoms with E-state index in [0.29, 0.717) is 17.7 Å². The maximum Gasteiger partial charge on any atom is 0.485 e. The van der Waals surface area contributed by atoms with Crippen molar-refractivity contribution in [2.24, 2.45) is 0 Å². The Labute approximate surface area is 86.5 Å². The number of alkyl halides is 3. The Bertz CT molecular complexity index is 355. The number of halogens is 3. The van der Waals surface area contributed by atoms with Crippen molar-refractivity contribution in [2.75, 3.05) is 4.90 Å². The van der Waals surface area contributed by atoms with Gasteiger partial charge >= 0.3 is 6.30 Å². The Morgan fingerprint density at radius 1 is 1.27 bits per heavy atom. The zero-order valence-corrected chi connectivity index (χ0v) is 8.38. The van der Waals surface area contributed by atoms with Crippen molar-refractivity contribution in [1.29, 1.82) is 0 Å². The number of nitrogens with zero attached hydrogens (tertiary/aromatic N) is 1. The molecule has 0 radical (unpaired) electrons. The molecule has 2 rings (SSSR count). The number of hydrogen-bond acceptors (Lipinski definition) is 1.